The summed E-state index contributed by atoms with van der Waals surface area (Å²) in [4.78, 5) is 0. The van der Waals surface area contributed by atoms with Crippen LogP contribution in [0.25, 0.3) is 0 Å². The van der Waals surface area contributed by atoms with Crippen LogP contribution >= 0.6 is 11.6 Å². The molecule has 0 amide bonds. The summed E-state index contributed by atoms with van der Waals surface area (Å²) in [5.41, 5.74) is 0.322. The molecule has 0 aliphatic rings. The molecule has 1 nitrogen and oxygen atoms in total. The Labute approximate surface area is 107 Å². The van der Waals surface area contributed by atoms with E-state index in [9.17, 15) is 13.2 Å². The second kappa shape index (κ2) is 5.31. The fourth-order valence-electron chi connectivity index (χ4n) is 1.43. The molecule has 18 heavy (non-hydrogen) atoms. The van der Waals surface area contributed by atoms with E-state index >= 15 is 0 Å². The first-order valence-electron chi connectivity index (χ1n) is 5.07. The lowest BCUT2D eigenvalue weighted by Gasteiger charge is -2.07. The van der Waals surface area contributed by atoms with E-state index in [-0.39, 0.29) is 17.4 Å². The molecule has 0 spiro atoms. The van der Waals surface area contributed by atoms with E-state index in [1.54, 1.807) is 0 Å². The average molecular weight is 273 g/mol. The van der Waals surface area contributed by atoms with Crippen molar-refractivity contribution in [2.45, 2.75) is 6.61 Å². The zero-order valence-corrected chi connectivity index (χ0v) is 9.85. The van der Waals surface area contributed by atoms with Gasteiger partial charge in [-0.3, -0.25) is 0 Å². The highest BCUT2D eigenvalue weighted by molar-refractivity contribution is 6.30. The molecule has 0 heterocycles. The Kier molecular flexibility index (Phi) is 3.77. The highest BCUT2D eigenvalue weighted by Gasteiger charge is 2.04. The molecule has 0 fully saturated rings. The van der Waals surface area contributed by atoms with Crippen LogP contribution in [0, 0.1) is 17.5 Å². The molecule has 94 valence electrons. The highest BCUT2D eigenvalue weighted by atomic mass is 35.5. The average Bonchev–Trinajstić information content (AvgIpc) is 2.29. The summed E-state index contributed by atoms with van der Waals surface area (Å²) in [6.45, 7) is -0.0598. The predicted octanol–water partition coefficient (Wildman–Crippen LogP) is 4.34. The second-order valence-electron chi connectivity index (χ2n) is 3.64. The lowest BCUT2D eigenvalue weighted by Crippen LogP contribution is -1.97. The monoisotopic (exact) mass is 272 g/mol. The smallest absolute Gasteiger partial charge is 0.145 e. The van der Waals surface area contributed by atoms with E-state index in [1.165, 1.54) is 12.1 Å². The van der Waals surface area contributed by atoms with Crippen LogP contribution in [0.1, 0.15) is 5.56 Å². The first-order valence-corrected chi connectivity index (χ1v) is 5.45. The number of ether oxygens (including phenoxy) is 1. The van der Waals surface area contributed by atoms with E-state index in [1.807, 2.05) is 0 Å². The first kappa shape index (κ1) is 12.8. The molecule has 5 heteroatoms. The first-order chi connectivity index (χ1) is 8.54. The third kappa shape index (κ3) is 3.17. The van der Waals surface area contributed by atoms with Crippen LogP contribution in [0.4, 0.5) is 13.2 Å². The molecule has 0 aliphatic carbocycles. The Bertz CT molecular complexity index is 552. The standard InChI is InChI=1S/C13H8ClF3O/c14-12-2-1-11(6-13(12)17)18-7-8-3-9(15)5-10(16)4-8/h1-6H,7H2. The Morgan fingerprint density at radius 2 is 1.61 bits per heavy atom. The van der Waals surface area contributed by atoms with Crippen LogP contribution in [0.15, 0.2) is 36.4 Å². The lowest BCUT2D eigenvalue weighted by molar-refractivity contribution is 0.303. The molecule has 0 saturated carbocycles. The van der Waals surface area contributed by atoms with Gasteiger partial charge in [-0.1, -0.05) is 11.6 Å². The molecule has 0 atom stereocenters. The van der Waals surface area contributed by atoms with Gasteiger partial charge < -0.3 is 4.74 Å². The van der Waals surface area contributed by atoms with Gasteiger partial charge in [0.15, 0.2) is 0 Å². The van der Waals surface area contributed by atoms with Gasteiger partial charge in [0.1, 0.15) is 29.8 Å². The second-order valence-corrected chi connectivity index (χ2v) is 4.05. The Morgan fingerprint density at radius 3 is 2.22 bits per heavy atom. The summed E-state index contributed by atoms with van der Waals surface area (Å²) >= 11 is 5.51. The SMILES string of the molecule is Fc1cc(F)cc(COc2ccc(Cl)c(F)c2)c1. The van der Waals surface area contributed by atoms with Crippen LogP contribution in [-0.4, -0.2) is 0 Å². The fraction of sp³-hybridized carbons (Fsp3) is 0.0769. The van der Waals surface area contributed by atoms with Crippen molar-refractivity contribution in [2.24, 2.45) is 0 Å². The fourth-order valence-corrected chi connectivity index (χ4v) is 1.55. The van der Waals surface area contributed by atoms with Crippen LogP contribution in [-0.2, 0) is 6.61 Å². The number of hydrogen-bond donors (Lipinski definition) is 0. The van der Waals surface area contributed by atoms with Gasteiger partial charge in [0, 0.05) is 12.1 Å². The normalized spacial score (nSPS) is 10.4. The number of benzene rings is 2. The van der Waals surface area contributed by atoms with E-state index in [0.29, 0.717) is 5.56 Å². The largest absolute Gasteiger partial charge is 0.489 e. The molecule has 0 unspecified atom stereocenters. The molecule has 2 aromatic rings. The lowest BCUT2D eigenvalue weighted by atomic mass is 10.2. The van der Waals surface area contributed by atoms with Gasteiger partial charge in [-0.25, -0.2) is 13.2 Å². The van der Waals surface area contributed by atoms with Crippen molar-refractivity contribution in [3.8, 4) is 5.75 Å². The van der Waals surface area contributed by atoms with Crippen LogP contribution < -0.4 is 4.74 Å². The van der Waals surface area contributed by atoms with E-state index in [4.69, 9.17) is 16.3 Å². The van der Waals surface area contributed by atoms with Gasteiger partial charge in [0.2, 0.25) is 0 Å². The number of rotatable bonds is 3. The topological polar surface area (TPSA) is 9.23 Å². The van der Waals surface area contributed by atoms with E-state index in [2.05, 4.69) is 0 Å². The van der Waals surface area contributed by atoms with Crippen molar-refractivity contribution in [2.75, 3.05) is 0 Å². The third-order valence-corrected chi connectivity index (χ3v) is 2.53. The van der Waals surface area contributed by atoms with Crippen LogP contribution in [0.2, 0.25) is 5.02 Å². The van der Waals surface area contributed by atoms with Gasteiger partial charge in [0.25, 0.3) is 0 Å². The maximum Gasteiger partial charge on any atom is 0.145 e. The Balaban J connectivity index is 2.08. The van der Waals surface area contributed by atoms with Crippen molar-refractivity contribution in [1.82, 2.24) is 0 Å². The minimum atomic E-state index is -0.684. The summed E-state index contributed by atoms with van der Waals surface area (Å²) < 4.78 is 44.1. The summed E-state index contributed by atoms with van der Waals surface area (Å²) in [6.07, 6.45) is 0. The zero-order valence-electron chi connectivity index (χ0n) is 9.09. The minimum absolute atomic E-state index is 0.0147. The minimum Gasteiger partial charge on any atom is -0.489 e. The predicted molar refractivity (Wildman–Crippen MR) is 62.1 cm³/mol. The molecule has 2 aromatic carbocycles. The molecule has 0 bridgehead atoms. The molecular weight excluding hydrogens is 265 g/mol. The maximum absolute atomic E-state index is 13.1. The van der Waals surface area contributed by atoms with Crippen molar-refractivity contribution in [3.05, 3.63) is 64.4 Å². The summed E-state index contributed by atoms with van der Waals surface area (Å²) in [7, 11) is 0. The quantitative estimate of drug-likeness (QED) is 0.808. The number of halogens is 4. The third-order valence-electron chi connectivity index (χ3n) is 2.22. The summed E-state index contributed by atoms with van der Waals surface area (Å²) in [6, 6.07) is 6.99. The summed E-state index contributed by atoms with van der Waals surface area (Å²) in [5, 5.41) is -0.0147. The van der Waals surface area contributed by atoms with Gasteiger partial charge in [-0.2, -0.15) is 0 Å². The van der Waals surface area contributed by atoms with Gasteiger partial charge in [-0.15, -0.1) is 0 Å². The molecule has 0 radical (unpaired) electrons. The number of hydrogen-bond acceptors (Lipinski definition) is 1. The molecule has 0 N–H and O–H groups in total. The van der Waals surface area contributed by atoms with E-state index in [0.717, 1.165) is 24.3 Å². The molecular formula is C13H8ClF3O. The molecule has 0 saturated heterocycles. The van der Waals surface area contributed by atoms with Crippen molar-refractivity contribution >= 4 is 11.6 Å². The van der Waals surface area contributed by atoms with Gasteiger partial charge in [-0.05, 0) is 29.8 Å². The highest BCUT2D eigenvalue weighted by Crippen LogP contribution is 2.21. The van der Waals surface area contributed by atoms with Crippen LogP contribution in [0.3, 0.4) is 0 Å². The Hall–Kier alpha value is -1.68. The van der Waals surface area contributed by atoms with Crippen molar-refractivity contribution < 1.29 is 17.9 Å². The van der Waals surface area contributed by atoms with Crippen molar-refractivity contribution in [1.29, 1.82) is 0 Å². The summed E-state index contributed by atoms with van der Waals surface area (Å²) in [5.74, 6) is -1.74. The molecule has 0 aromatic heterocycles. The van der Waals surface area contributed by atoms with E-state index < -0.39 is 17.5 Å². The van der Waals surface area contributed by atoms with Gasteiger partial charge in [0.05, 0.1) is 5.02 Å². The van der Waals surface area contributed by atoms with Crippen molar-refractivity contribution in [3.63, 3.8) is 0 Å². The van der Waals surface area contributed by atoms with Gasteiger partial charge >= 0.3 is 0 Å². The maximum atomic E-state index is 13.1. The Morgan fingerprint density at radius 1 is 0.944 bits per heavy atom. The molecule has 2 rings (SSSR count). The van der Waals surface area contributed by atoms with Crippen LogP contribution in [0.5, 0.6) is 5.75 Å². The molecule has 0 aliphatic heterocycles. The zero-order chi connectivity index (χ0) is 13.1.